The van der Waals surface area contributed by atoms with Crippen LogP contribution in [0.25, 0.3) is 0 Å². The Hall–Kier alpha value is -0.630. The minimum Gasteiger partial charge on any atom is -0.310 e. The highest BCUT2D eigenvalue weighted by Gasteiger charge is 2.42. The Labute approximate surface area is 91.1 Å². The molecule has 2 nitrogen and oxygen atoms in total. The molecular formula is C13H19NO. The highest BCUT2D eigenvalue weighted by molar-refractivity contribution is 5.82. The third kappa shape index (κ3) is 1.76. The largest absolute Gasteiger partial charge is 0.310 e. The highest BCUT2D eigenvalue weighted by atomic mass is 16.1. The van der Waals surface area contributed by atoms with Gasteiger partial charge < -0.3 is 5.32 Å². The van der Waals surface area contributed by atoms with Crippen molar-refractivity contribution in [1.82, 2.24) is 5.32 Å². The van der Waals surface area contributed by atoms with Crippen molar-refractivity contribution in [3.05, 3.63) is 12.2 Å². The SMILES string of the molecule is O=C(CC1CC=CC1)C1CC2CCC1N2. The van der Waals surface area contributed by atoms with Crippen molar-refractivity contribution in [2.24, 2.45) is 11.8 Å². The molecule has 1 aliphatic carbocycles. The Bertz CT molecular complexity index is 289. The summed E-state index contributed by atoms with van der Waals surface area (Å²) < 4.78 is 0. The van der Waals surface area contributed by atoms with Gasteiger partial charge in [-0.25, -0.2) is 0 Å². The zero-order valence-electron chi connectivity index (χ0n) is 9.11. The van der Waals surface area contributed by atoms with Crippen LogP contribution < -0.4 is 5.32 Å². The first kappa shape index (κ1) is 9.59. The molecule has 2 fully saturated rings. The molecule has 2 heteroatoms. The third-order valence-corrected chi connectivity index (χ3v) is 4.31. The molecule has 0 spiro atoms. The predicted molar refractivity (Wildman–Crippen MR) is 59.5 cm³/mol. The van der Waals surface area contributed by atoms with Crippen LogP contribution in [0, 0.1) is 11.8 Å². The molecule has 3 unspecified atom stereocenters. The summed E-state index contributed by atoms with van der Waals surface area (Å²) in [4.78, 5) is 12.1. The van der Waals surface area contributed by atoms with Gasteiger partial charge in [-0.2, -0.15) is 0 Å². The molecule has 3 atom stereocenters. The van der Waals surface area contributed by atoms with E-state index in [1.165, 1.54) is 12.8 Å². The lowest BCUT2D eigenvalue weighted by atomic mass is 9.82. The van der Waals surface area contributed by atoms with E-state index >= 15 is 0 Å². The second kappa shape index (κ2) is 3.75. The molecule has 0 radical (unpaired) electrons. The normalized spacial score (nSPS) is 39.1. The number of allylic oxidation sites excluding steroid dienone is 2. The van der Waals surface area contributed by atoms with Crippen molar-refractivity contribution >= 4 is 5.78 Å². The number of hydrogen-bond acceptors (Lipinski definition) is 2. The van der Waals surface area contributed by atoms with E-state index in [1.807, 2.05) is 0 Å². The zero-order chi connectivity index (χ0) is 10.3. The van der Waals surface area contributed by atoms with Gasteiger partial charge >= 0.3 is 0 Å². The van der Waals surface area contributed by atoms with Crippen molar-refractivity contribution in [2.75, 3.05) is 0 Å². The monoisotopic (exact) mass is 205 g/mol. The molecule has 2 bridgehead atoms. The number of hydrogen-bond donors (Lipinski definition) is 1. The Morgan fingerprint density at radius 2 is 2.07 bits per heavy atom. The van der Waals surface area contributed by atoms with E-state index in [2.05, 4.69) is 17.5 Å². The van der Waals surface area contributed by atoms with Gasteiger partial charge in [0.25, 0.3) is 0 Å². The molecule has 0 aromatic heterocycles. The molecule has 2 saturated heterocycles. The van der Waals surface area contributed by atoms with Gasteiger partial charge in [0.1, 0.15) is 5.78 Å². The van der Waals surface area contributed by atoms with Crippen LogP contribution in [0.1, 0.15) is 38.5 Å². The Balaban J connectivity index is 1.56. The maximum Gasteiger partial charge on any atom is 0.137 e. The number of ketones is 1. The fourth-order valence-corrected chi connectivity index (χ4v) is 3.46. The summed E-state index contributed by atoms with van der Waals surface area (Å²) in [5.74, 6) is 1.50. The summed E-state index contributed by atoms with van der Waals surface area (Å²) in [6.45, 7) is 0. The van der Waals surface area contributed by atoms with E-state index in [-0.39, 0.29) is 0 Å². The van der Waals surface area contributed by atoms with Crippen LogP contribution in [0.15, 0.2) is 12.2 Å². The smallest absolute Gasteiger partial charge is 0.137 e. The average molecular weight is 205 g/mol. The molecule has 3 rings (SSSR count). The Morgan fingerprint density at radius 3 is 2.67 bits per heavy atom. The minimum absolute atomic E-state index is 0.351. The number of carbonyl (C=O) groups is 1. The van der Waals surface area contributed by atoms with E-state index in [0.29, 0.717) is 29.7 Å². The van der Waals surface area contributed by atoms with Crippen molar-refractivity contribution in [1.29, 1.82) is 0 Å². The van der Waals surface area contributed by atoms with Crippen LogP contribution in [0.3, 0.4) is 0 Å². The van der Waals surface area contributed by atoms with Crippen LogP contribution in [0.5, 0.6) is 0 Å². The summed E-state index contributed by atoms with van der Waals surface area (Å²) in [5, 5.41) is 3.55. The summed E-state index contributed by atoms with van der Waals surface area (Å²) in [6.07, 6.45) is 11.1. The van der Waals surface area contributed by atoms with Gasteiger partial charge in [0.15, 0.2) is 0 Å². The molecule has 1 N–H and O–H groups in total. The number of carbonyl (C=O) groups excluding carboxylic acids is 1. The summed E-state index contributed by atoms with van der Waals surface area (Å²) in [5.41, 5.74) is 0. The van der Waals surface area contributed by atoms with Gasteiger partial charge in [-0.15, -0.1) is 0 Å². The standard InChI is InChI=1S/C13H19NO/c15-13(7-9-3-1-2-4-9)11-8-10-5-6-12(11)14-10/h1-2,9-12,14H,3-8H2. The van der Waals surface area contributed by atoms with Crippen LogP contribution in [-0.2, 0) is 4.79 Å². The molecule has 0 aromatic carbocycles. The Morgan fingerprint density at radius 1 is 1.27 bits per heavy atom. The van der Waals surface area contributed by atoms with Crippen molar-refractivity contribution in [3.63, 3.8) is 0 Å². The first-order valence-corrected chi connectivity index (χ1v) is 6.26. The molecule has 82 valence electrons. The van der Waals surface area contributed by atoms with E-state index < -0.39 is 0 Å². The van der Waals surface area contributed by atoms with Gasteiger partial charge in [-0.1, -0.05) is 12.2 Å². The maximum atomic E-state index is 12.1. The first-order chi connectivity index (χ1) is 7.33. The molecule has 2 heterocycles. The van der Waals surface area contributed by atoms with Crippen molar-refractivity contribution in [2.45, 2.75) is 50.6 Å². The fourth-order valence-electron chi connectivity index (χ4n) is 3.46. The molecule has 0 amide bonds. The summed E-state index contributed by atoms with van der Waals surface area (Å²) >= 11 is 0. The lowest BCUT2D eigenvalue weighted by molar-refractivity contribution is -0.124. The van der Waals surface area contributed by atoms with Crippen LogP contribution in [0.2, 0.25) is 0 Å². The molecule has 2 aliphatic heterocycles. The van der Waals surface area contributed by atoms with Gasteiger partial charge in [-0.05, 0) is 38.0 Å². The number of rotatable bonds is 3. The second-order valence-corrected chi connectivity index (χ2v) is 5.37. The number of fused-ring (bicyclic) bond motifs is 2. The van der Waals surface area contributed by atoms with E-state index in [9.17, 15) is 4.79 Å². The fraction of sp³-hybridized carbons (Fsp3) is 0.769. The predicted octanol–water partition coefficient (Wildman–Crippen LogP) is 2.05. The molecule has 15 heavy (non-hydrogen) atoms. The maximum absolute atomic E-state index is 12.1. The van der Waals surface area contributed by atoms with Crippen molar-refractivity contribution in [3.8, 4) is 0 Å². The Kier molecular flexibility index (Phi) is 2.39. The second-order valence-electron chi connectivity index (χ2n) is 5.37. The third-order valence-electron chi connectivity index (χ3n) is 4.31. The van der Waals surface area contributed by atoms with E-state index in [4.69, 9.17) is 0 Å². The molecule has 0 aromatic rings. The van der Waals surface area contributed by atoms with Gasteiger partial charge in [0.2, 0.25) is 0 Å². The first-order valence-electron chi connectivity index (χ1n) is 6.26. The zero-order valence-corrected chi connectivity index (χ0v) is 9.11. The lowest BCUT2D eigenvalue weighted by Gasteiger charge is -2.20. The van der Waals surface area contributed by atoms with E-state index in [1.54, 1.807) is 0 Å². The quantitative estimate of drug-likeness (QED) is 0.714. The van der Waals surface area contributed by atoms with Crippen LogP contribution >= 0.6 is 0 Å². The number of nitrogens with one attached hydrogen (secondary N) is 1. The van der Waals surface area contributed by atoms with Crippen LogP contribution in [0.4, 0.5) is 0 Å². The lowest BCUT2D eigenvalue weighted by Crippen LogP contribution is -2.29. The summed E-state index contributed by atoms with van der Waals surface area (Å²) in [7, 11) is 0. The minimum atomic E-state index is 0.351. The van der Waals surface area contributed by atoms with Crippen LogP contribution in [-0.4, -0.2) is 17.9 Å². The molecule has 3 aliphatic rings. The molecular weight excluding hydrogens is 186 g/mol. The topological polar surface area (TPSA) is 29.1 Å². The van der Waals surface area contributed by atoms with E-state index in [0.717, 1.165) is 25.7 Å². The van der Waals surface area contributed by atoms with Gasteiger partial charge in [0, 0.05) is 24.4 Å². The average Bonchev–Trinajstić information content (AvgIpc) is 2.93. The van der Waals surface area contributed by atoms with Crippen molar-refractivity contribution < 1.29 is 4.79 Å². The van der Waals surface area contributed by atoms with Gasteiger partial charge in [0.05, 0.1) is 0 Å². The summed E-state index contributed by atoms with van der Waals surface area (Å²) in [6, 6.07) is 1.18. The number of Topliss-reactive ketones (excluding diaryl/α,β-unsaturated/α-hetero) is 1. The highest BCUT2D eigenvalue weighted by Crippen LogP contribution is 2.35. The molecule has 0 saturated carbocycles. The van der Waals surface area contributed by atoms with Gasteiger partial charge in [-0.3, -0.25) is 4.79 Å².